The fourth-order valence-corrected chi connectivity index (χ4v) is 3.21. The van der Waals surface area contributed by atoms with Gasteiger partial charge in [-0.05, 0) is 37.0 Å². The van der Waals surface area contributed by atoms with Crippen LogP contribution in [0.25, 0.3) is 0 Å². The summed E-state index contributed by atoms with van der Waals surface area (Å²) in [7, 11) is 0. The van der Waals surface area contributed by atoms with Crippen molar-refractivity contribution in [3.05, 3.63) is 51.8 Å². The summed E-state index contributed by atoms with van der Waals surface area (Å²) in [5.74, 6) is 0. The topological polar surface area (TPSA) is 43.8 Å². The Hall–Kier alpha value is -1.13. The molecule has 1 aliphatic rings. The van der Waals surface area contributed by atoms with Gasteiger partial charge in [0.2, 0.25) is 0 Å². The summed E-state index contributed by atoms with van der Waals surface area (Å²) in [6.07, 6.45) is 6.56. The molecule has 3 rings (SSSR count). The zero-order valence-corrected chi connectivity index (χ0v) is 12.4. The molecule has 3 nitrogen and oxygen atoms in total. The molecule has 0 aliphatic heterocycles. The Morgan fingerprint density at radius 2 is 2.26 bits per heavy atom. The number of hydrogen-bond acceptors (Lipinski definition) is 2. The summed E-state index contributed by atoms with van der Waals surface area (Å²) in [6, 6.07) is 8.55. The molecule has 0 saturated heterocycles. The Labute approximate surface area is 121 Å². The second-order valence-electron chi connectivity index (χ2n) is 5.19. The molecule has 1 aromatic carbocycles. The third-order valence-electron chi connectivity index (χ3n) is 3.78. The first-order valence-electron chi connectivity index (χ1n) is 6.78. The normalized spacial score (nSPS) is 18.9. The third-order valence-corrected chi connectivity index (χ3v) is 4.27. The van der Waals surface area contributed by atoms with Gasteiger partial charge < -0.3 is 5.73 Å². The van der Waals surface area contributed by atoms with E-state index in [9.17, 15) is 0 Å². The fraction of sp³-hybridized carbons (Fsp3) is 0.400. The Morgan fingerprint density at radius 1 is 1.37 bits per heavy atom. The van der Waals surface area contributed by atoms with Crippen LogP contribution in [-0.2, 0) is 13.0 Å². The van der Waals surface area contributed by atoms with Crippen molar-refractivity contribution in [1.82, 2.24) is 9.78 Å². The van der Waals surface area contributed by atoms with Gasteiger partial charge >= 0.3 is 0 Å². The number of nitrogens with two attached hydrogens (primary N) is 1. The van der Waals surface area contributed by atoms with Crippen molar-refractivity contribution >= 4 is 15.9 Å². The predicted octanol–water partition coefficient (Wildman–Crippen LogP) is 3.42. The van der Waals surface area contributed by atoms with Crippen LogP contribution >= 0.6 is 15.9 Å². The first-order valence-corrected chi connectivity index (χ1v) is 7.58. The van der Waals surface area contributed by atoms with Crippen molar-refractivity contribution in [1.29, 1.82) is 0 Å². The molecule has 1 atom stereocenters. The summed E-state index contributed by atoms with van der Waals surface area (Å²) < 4.78 is 3.22. The van der Waals surface area contributed by atoms with Gasteiger partial charge in [0.1, 0.15) is 0 Å². The highest BCUT2D eigenvalue weighted by molar-refractivity contribution is 9.10. The van der Waals surface area contributed by atoms with Crippen LogP contribution in [0, 0.1) is 0 Å². The maximum atomic E-state index is 6.22. The minimum atomic E-state index is 0.161. The van der Waals surface area contributed by atoms with E-state index in [1.807, 2.05) is 12.3 Å². The molecule has 1 unspecified atom stereocenters. The molecule has 1 aromatic heterocycles. The van der Waals surface area contributed by atoms with Crippen LogP contribution in [0.4, 0.5) is 0 Å². The largest absolute Gasteiger partial charge is 0.324 e. The molecular formula is C15H18BrN3. The summed E-state index contributed by atoms with van der Waals surface area (Å²) in [5.41, 5.74) is 10.0. The molecular weight excluding hydrogens is 302 g/mol. The molecule has 1 heterocycles. The number of aromatic nitrogens is 2. The SMILES string of the molecule is NC1CCCCc2c1cnn2Cc1cccc(Br)c1. The second-order valence-corrected chi connectivity index (χ2v) is 6.10. The highest BCUT2D eigenvalue weighted by atomic mass is 79.9. The van der Waals surface area contributed by atoms with Gasteiger partial charge in [0.25, 0.3) is 0 Å². The third kappa shape index (κ3) is 2.74. The average Bonchev–Trinajstić information content (AvgIpc) is 2.68. The smallest absolute Gasteiger partial charge is 0.0663 e. The fourth-order valence-electron chi connectivity index (χ4n) is 2.76. The van der Waals surface area contributed by atoms with Gasteiger partial charge in [-0.2, -0.15) is 5.10 Å². The molecule has 4 heteroatoms. The molecule has 0 saturated carbocycles. The van der Waals surface area contributed by atoms with E-state index in [0.717, 1.165) is 23.9 Å². The van der Waals surface area contributed by atoms with Gasteiger partial charge in [0, 0.05) is 21.8 Å². The summed E-state index contributed by atoms with van der Waals surface area (Å²) in [5, 5.41) is 4.54. The minimum Gasteiger partial charge on any atom is -0.324 e. The molecule has 19 heavy (non-hydrogen) atoms. The minimum absolute atomic E-state index is 0.161. The van der Waals surface area contributed by atoms with Crippen LogP contribution in [0.1, 0.15) is 42.1 Å². The number of nitrogens with zero attached hydrogens (tertiary/aromatic N) is 2. The first-order chi connectivity index (χ1) is 9.24. The molecule has 0 amide bonds. The maximum absolute atomic E-state index is 6.22. The molecule has 2 N–H and O–H groups in total. The number of halogens is 1. The van der Waals surface area contributed by atoms with Crippen LogP contribution in [0.3, 0.4) is 0 Å². The summed E-state index contributed by atoms with van der Waals surface area (Å²) >= 11 is 3.51. The van der Waals surface area contributed by atoms with Crippen LogP contribution in [0.15, 0.2) is 34.9 Å². The van der Waals surface area contributed by atoms with Gasteiger partial charge in [0.15, 0.2) is 0 Å². The zero-order chi connectivity index (χ0) is 13.2. The van der Waals surface area contributed by atoms with E-state index in [-0.39, 0.29) is 6.04 Å². The Balaban J connectivity index is 1.90. The number of hydrogen-bond donors (Lipinski definition) is 1. The Kier molecular flexibility index (Phi) is 3.71. The van der Waals surface area contributed by atoms with Crippen LogP contribution in [-0.4, -0.2) is 9.78 Å². The van der Waals surface area contributed by atoms with E-state index in [0.29, 0.717) is 0 Å². The quantitative estimate of drug-likeness (QED) is 0.862. The van der Waals surface area contributed by atoms with E-state index in [1.165, 1.54) is 29.7 Å². The van der Waals surface area contributed by atoms with Gasteiger partial charge in [-0.25, -0.2) is 0 Å². The van der Waals surface area contributed by atoms with E-state index >= 15 is 0 Å². The van der Waals surface area contributed by atoms with E-state index in [1.54, 1.807) is 0 Å². The van der Waals surface area contributed by atoms with Crippen molar-refractivity contribution < 1.29 is 0 Å². The van der Waals surface area contributed by atoms with Gasteiger partial charge in [-0.15, -0.1) is 0 Å². The molecule has 1 aliphatic carbocycles. The lowest BCUT2D eigenvalue weighted by molar-refractivity contribution is 0.601. The highest BCUT2D eigenvalue weighted by Gasteiger charge is 2.19. The van der Waals surface area contributed by atoms with E-state index < -0.39 is 0 Å². The second kappa shape index (κ2) is 5.47. The molecule has 0 radical (unpaired) electrons. The van der Waals surface area contributed by atoms with Gasteiger partial charge in [0.05, 0.1) is 12.7 Å². The lowest BCUT2D eigenvalue weighted by atomic mass is 10.1. The first kappa shape index (κ1) is 12.9. The lowest BCUT2D eigenvalue weighted by Gasteiger charge is -2.10. The Morgan fingerprint density at radius 3 is 3.11 bits per heavy atom. The van der Waals surface area contributed by atoms with Crippen LogP contribution in [0.2, 0.25) is 0 Å². The summed E-state index contributed by atoms with van der Waals surface area (Å²) in [6.45, 7) is 0.821. The molecule has 0 fully saturated rings. The zero-order valence-electron chi connectivity index (χ0n) is 10.8. The van der Waals surface area contributed by atoms with Crippen molar-refractivity contribution in [3.63, 3.8) is 0 Å². The number of benzene rings is 1. The van der Waals surface area contributed by atoms with Gasteiger partial charge in [-0.1, -0.05) is 34.5 Å². The van der Waals surface area contributed by atoms with E-state index in [4.69, 9.17) is 5.73 Å². The lowest BCUT2D eigenvalue weighted by Crippen LogP contribution is -2.11. The monoisotopic (exact) mass is 319 g/mol. The van der Waals surface area contributed by atoms with E-state index in [2.05, 4.69) is 43.9 Å². The average molecular weight is 320 g/mol. The molecule has 0 bridgehead atoms. The number of rotatable bonds is 2. The standard InChI is InChI=1S/C15H18BrN3/c16-12-5-3-4-11(8-12)10-19-15-7-2-1-6-14(17)13(15)9-18-19/h3-5,8-9,14H,1-2,6-7,10,17H2. The Bertz CT molecular complexity index is 577. The molecule has 2 aromatic rings. The molecule has 100 valence electrons. The predicted molar refractivity (Wildman–Crippen MR) is 80.0 cm³/mol. The number of fused-ring (bicyclic) bond motifs is 1. The van der Waals surface area contributed by atoms with Crippen molar-refractivity contribution in [3.8, 4) is 0 Å². The van der Waals surface area contributed by atoms with Crippen molar-refractivity contribution in [2.24, 2.45) is 5.73 Å². The highest BCUT2D eigenvalue weighted by Crippen LogP contribution is 2.27. The maximum Gasteiger partial charge on any atom is 0.0663 e. The van der Waals surface area contributed by atoms with Crippen molar-refractivity contribution in [2.45, 2.75) is 38.3 Å². The van der Waals surface area contributed by atoms with Gasteiger partial charge in [-0.3, -0.25) is 4.68 Å². The van der Waals surface area contributed by atoms with Crippen molar-refractivity contribution in [2.75, 3.05) is 0 Å². The summed E-state index contributed by atoms with van der Waals surface area (Å²) in [4.78, 5) is 0. The molecule has 0 spiro atoms. The van der Waals surface area contributed by atoms with Crippen LogP contribution < -0.4 is 5.73 Å². The van der Waals surface area contributed by atoms with Crippen LogP contribution in [0.5, 0.6) is 0 Å².